The molecule has 0 aromatic carbocycles. The number of amides is 3. The molecule has 28 heavy (non-hydrogen) atoms. The first kappa shape index (κ1) is 23.1. The van der Waals surface area contributed by atoms with Crippen molar-refractivity contribution in [1.82, 2.24) is 15.5 Å². The molecule has 0 aliphatic carbocycles. The van der Waals surface area contributed by atoms with E-state index in [1.807, 2.05) is 0 Å². The van der Waals surface area contributed by atoms with Gasteiger partial charge < -0.3 is 37.8 Å². The molecule has 1 fully saturated rings. The summed E-state index contributed by atoms with van der Waals surface area (Å²) in [6, 6.07) is -2.47. The number of guanidine groups is 1. The van der Waals surface area contributed by atoms with E-state index in [-0.39, 0.29) is 18.9 Å². The summed E-state index contributed by atoms with van der Waals surface area (Å²) >= 11 is 0. The first-order valence-corrected chi connectivity index (χ1v) is 9.04. The highest BCUT2D eigenvalue weighted by molar-refractivity contribution is 5.94. The molecule has 1 aliphatic rings. The van der Waals surface area contributed by atoms with E-state index in [1.165, 1.54) is 11.8 Å². The largest absolute Gasteiger partial charge is 0.480 e. The summed E-state index contributed by atoms with van der Waals surface area (Å²) in [4.78, 5) is 53.0. The number of carbonyl (C=O) groups excluding carboxylic acids is 3. The molecule has 0 bridgehead atoms. The number of aliphatic imine (C=N–C) groups is 1. The Labute approximate surface area is 162 Å². The first-order valence-electron chi connectivity index (χ1n) is 9.04. The molecule has 12 nitrogen and oxygen atoms in total. The zero-order valence-corrected chi connectivity index (χ0v) is 15.9. The van der Waals surface area contributed by atoms with Crippen LogP contribution in [0.5, 0.6) is 0 Å². The van der Waals surface area contributed by atoms with Gasteiger partial charge in [0.05, 0.1) is 6.04 Å². The minimum Gasteiger partial charge on any atom is -0.480 e. The summed E-state index contributed by atoms with van der Waals surface area (Å²) in [6.45, 7) is 1.58. The van der Waals surface area contributed by atoms with Crippen LogP contribution in [0.3, 0.4) is 0 Å². The van der Waals surface area contributed by atoms with Crippen molar-refractivity contribution in [3.8, 4) is 0 Å². The Hall–Kier alpha value is -2.89. The number of nitrogens with one attached hydrogen (secondary N) is 2. The van der Waals surface area contributed by atoms with Crippen LogP contribution >= 0.6 is 0 Å². The lowest BCUT2D eigenvalue weighted by atomic mass is 10.1. The van der Waals surface area contributed by atoms with Gasteiger partial charge in [-0.05, 0) is 32.6 Å². The molecule has 0 aromatic heterocycles. The predicted octanol–water partition coefficient (Wildman–Crippen LogP) is -2.94. The Morgan fingerprint density at radius 1 is 1.29 bits per heavy atom. The van der Waals surface area contributed by atoms with Gasteiger partial charge in [-0.25, -0.2) is 0 Å². The highest BCUT2D eigenvalue weighted by Gasteiger charge is 2.37. The number of carboxylic acids is 1. The Balaban J connectivity index is 2.83. The summed E-state index contributed by atoms with van der Waals surface area (Å²) in [5.74, 6) is -2.70. The highest BCUT2D eigenvalue weighted by atomic mass is 16.4. The van der Waals surface area contributed by atoms with Crippen molar-refractivity contribution in [3.05, 3.63) is 0 Å². The van der Waals surface area contributed by atoms with Gasteiger partial charge in [0.25, 0.3) is 0 Å². The third kappa shape index (κ3) is 7.39. The standard InChI is InChI=1S/C16H29N7O5/c1-9(17)13(26)22-10(4-2-6-20-16(18)19)15(28)23-7-3-5-11(23)14(27)21-8-12(24)25/h9-11H,2-8,17H2,1H3,(H,21,27)(H,22,26)(H,24,25)(H4,18,19,20). The molecule has 1 heterocycles. The van der Waals surface area contributed by atoms with Crippen LogP contribution in [0.4, 0.5) is 0 Å². The fraction of sp³-hybridized carbons (Fsp3) is 0.688. The lowest BCUT2D eigenvalue weighted by molar-refractivity contribution is -0.143. The van der Waals surface area contributed by atoms with Gasteiger partial charge in [0.1, 0.15) is 18.6 Å². The average Bonchev–Trinajstić information content (AvgIpc) is 3.10. The molecule has 0 aromatic rings. The Morgan fingerprint density at radius 2 is 1.96 bits per heavy atom. The van der Waals surface area contributed by atoms with Crippen molar-refractivity contribution in [2.75, 3.05) is 19.6 Å². The third-order valence-corrected chi connectivity index (χ3v) is 4.23. The second kappa shape index (κ2) is 11.1. The van der Waals surface area contributed by atoms with Gasteiger partial charge in [-0.1, -0.05) is 0 Å². The van der Waals surface area contributed by atoms with Crippen LogP contribution in [0.1, 0.15) is 32.6 Å². The Kier molecular flexibility index (Phi) is 9.15. The first-order chi connectivity index (χ1) is 13.1. The van der Waals surface area contributed by atoms with Crippen LogP contribution in [-0.2, 0) is 19.2 Å². The maximum atomic E-state index is 13.0. The zero-order chi connectivity index (χ0) is 21.3. The molecule has 12 heteroatoms. The van der Waals surface area contributed by atoms with Gasteiger partial charge >= 0.3 is 5.97 Å². The van der Waals surface area contributed by atoms with E-state index in [2.05, 4.69) is 15.6 Å². The molecular formula is C16H29N7O5. The van der Waals surface area contributed by atoms with Crippen molar-refractivity contribution in [1.29, 1.82) is 0 Å². The van der Waals surface area contributed by atoms with Gasteiger partial charge in [-0.2, -0.15) is 0 Å². The van der Waals surface area contributed by atoms with Gasteiger partial charge in [0, 0.05) is 13.1 Å². The second-order valence-electron chi connectivity index (χ2n) is 6.60. The molecule has 0 spiro atoms. The van der Waals surface area contributed by atoms with Crippen LogP contribution in [0.2, 0.25) is 0 Å². The van der Waals surface area contributed by atoms with Crippen LogP contribution in [-0.4, -0.2) is 77.4 Å². The quantitative estimate of drug-likeness (QED) is 0.127. The number of hydrogen-bond acceptors (Lipinski definition) is 6. The van der Waals surface area contributed by atoms with Crippen molar-refractivity contribution in [3.63, 3.8) is 0 Å². The smallest absolute Gasteiger partial charge is 0.322 e. The molecule has 1 aliphatic heterocycles. The fourth-order valence-corrected chi connectivity index (χ4v) is 2.85. The van der Waals surface area contributed by atoms with Crippen LogP contribution in [0, 0.1) is 0 Å². The van der Waals surface area contributed by atoms with E-state index >= 15 is 0 Å². The fourth-order valence-electron chi connectivity index (χ4n) is 2.85. The van der Waals surface area contributed by atoms with Gasteiger partial charge in [-0.3, -0.25) is 24.2 Å². The molecule has 1 rings (SSSR count). The number of carboxylic acid groups (broad SMARTS) is 1. The highest BCUT2D eigenvalue weighted by Crippen LogP contribution is 2.19. The number of nitrogens with zero attached hydrogens (tertiary/aromatic N) is 2. The summed E-state index contributed by atoms with van der Waals surface area (Å²) in [5, 5.41) is 13.6. The zero-order valence-electron chi connectivity index (χ0n) is 15.9. The third-order valence-electron chi connectivity index (χ3n) is 4.23. The maximum absolute atomic E-state index is 13.0. The molecule has 3 amide bonds. The van der Waals surface area contributed by atoms with Gasteiger partial charge in [0.2, 0.25) is 17.7 Å². The molecule has 158 valence electrons. The lowest BCUT2D eigenvalue weighted by Crippen LogP contribution is -2.55. The topological polar surface area (TPSA) is 206 Å². The number of likely N-dealkylation sites (tertiary alicyclic amines) is 1. The van der Waals surface area contributed by atoms with Crippen molar-refractivity contribution in [2.24, 2.45) is 22.2 Å². The van der Waals surface area contributed by atoms with E-state index in [4.69, 9.17) is 22.3 Å². The van der Waals surface area contributed by atoms with E-state index < -0.39 is 48.4 Å². The molecule has 3 unspecified atom stereocenters. The summed E-state index contributed by atoms with van der Waals surface area (Å²) < 4.78 is 0. The second-order valence-corrected chi connectivity index (χ2v) is 6.60. The molecule has 3 atom stereocenters. The molecule has 1 saturated heterocycles. The minimum absolute atomic E-state index is 0.0720. The summed E-state index contributed by atoms with van der Waals surface area (Å²) in [6.07, 6.45) is 1.70. The number of carbonyl (C=O) groups is 4. The Morgan fingerprint density at radius 3 is 2.54 bits per heavy atom. The van der Waals surface area contributed by atoms with Crippen LogP contribution < -0.4 is 27.8 Å². The van der Waals surface area contributed by atoms with E-state index in [0.29, 0.717) is 25.8 Å². The summed E-state index contributed by atoms with van der Waals surface area (Å²) in [5.41, 5.74) is 16.1. The van der Waals surface area contributed by atoms with Gasteiger partial charge in [-0.15, -0.1) is 0 Å². The van der Waals surface area contributed by atoms with Crippen molar-refractivity contribution in [2.45, 2.75) is 50.7 Å². The number of hydrogen-bond donors (Lipinski definition) is 6. The van der Waals surface area contributed by atoms with E-state index in [9.17, 15) is 19.2 Å². The average molecular weight is 399 g/mol. The molecular weight excluding hydrogens is 370 g/mol. The van der Waals surface area contributed by atoms with Crippen LogP contribution in [0.15, 0.2) is 4.99 Å². The minimum atomic E-state index is -1.17. The lowest BCUT2D eigenvalue weighted by Gasteiger charge is -2.29. The monoisotopic (exact) mass is 399 g/mol. The van der Waals surface area contributed by atoms with E-state index in [0.717, 1.165) is 0 Å². The number of aliphatic carboxylic acids is 1. The SMILES string of the molecule is CC(N)C(=O)NC(CCCN=C(N)N)C(=O)N1CCCC1C(=O)NCC(=O)O. The van der Waals surface area contributed by atoms with Crippen molar-refractivity contribution < 1.29 is 24.3 Å². The molecule has 0 radical (unpaired) electrons. The number of rotatable bonds is 10. The van der Waals surface area contributed by atoms with Crippen LogP contribution in [0.25, 0.3) is 0 Å². The molecule has 9 N–H and O–H groups in total. The maximum Gasteiger partial charge on any atom is 0.322 e. The van der Waals surface area contributed by atoms with Crippen molar-refractivity contribution >= 4 is 29.7 Å². The predicted molar refractivity (Wildman–Crippen MR) is 101 cm³/mol. The summed E-state index contributed by atoms with van der Waals surface area (Å²) in [7, 11) is 0. The Bertz CT molecular complexity index is 619. The van der Waals surface area contributed by atoms with Gasteiger partial charge in [0.15, 0.2) is 5.96 Å². The number of nitrogens with two attached hydrogens (primary N) is 3. The normalized spacial score (nSPS) is 18.1. The van der Waals surface area contributed by atoms with E-state index in [1.54, 1.807) is 0 Å². The molecule has 0 saturated carbocycles.